The third-order valence-electron chi connectivity index (χ3n) is 4.18. The molecule has 26 heavy (non-hydrogen) atoms. The lowest BCUT2D eigenvalue weighted by Gasteiger charge is -2.09. The maximum absolute atomic E-state index is 12.6. The Morgan fingerprint density at radius 2 is 1.81 bits per heavy atom. The van der Waals surface area contributed by atoms with Gasteiger partial charge in [-0.15, -0.1) is 0 Å². The van der Waals surface area contributed by atoms with Gasteiger partial charge in [0.15, 0.2) is 0 Å². The maximum atomic E-state index is 12.6. The van der Waals surface area contributed by atoms with Crippen LogP contribution in [0.1, 0.15) is 41.9 Å². The Hall–Kier alpha value is -2.31. The summed E-state index contributed by atoms with van der Waals surface area (Å²) in [6.07, 6.45) is -4.15. The number of aryl methyl sites for hydroxylation is 1. The Balaban J connectivity index is 1.96. The average Bonchev–Trinajstić information content (AvgIpc) is 2.79. The van der Waals surface area contributed by atoms with Crippen LogP contribution in [-0.4, -0.2) is 15.7 Å². The predicted octanol–water partition coefficient (Wildman–Crippen LogP) is 4.03. The summed E-state index contributed by atoms with van der Waals surface area (Å²) < 4.78 is 39.6. The van der Waals surface area contributed by atoms with E-state index in [2.05, 4.69) is 24.3 Å². The quantitative estimate of drug-likeness (QED) is 0.838. The van der Waals surface area contributed by atoms with Crippen molar-refractivity contribution in [3.63, 3.8) is 0 Å². The average molecular weight is 367 g/mol. The number of hydrogen-bond donors (Lipinski definition) is 1. The monoisotopic (exact) mass is 367 g/mol. The Kier molecular flexibility index (Phi) is 6.10. The molecule has 0 saturated carbocycles. The Morgan fingerprint density at radius 1 is 1.19 bits per heavy atom. The number of carbonyl (C=O) groups excluding carboxylic acids is 1. The molecule has 0 bridgehead atoms. The van der Waals surface area contributed by atoms with Crippen LogP contribution in [0.4, 0.5) is 13.2 Å². The lowest BCUT2D eigenvalue weighted by Crippen LogP contribution is -2.25. The molecule has 1 aromatic heterocycles. The van der Waals surface area contributed by atoms with Crippen molar-refractivity contribution in [1.29, 1.82) is 0 Å². The van der Waals surface area contributed by atoms with E-state index in [1.54, 1.807) is 0 Å². The molecule has 1 amide bonds. The molecule has 1 heterocycles. The second-order valence-electron chi connectivity index (χ2n) is 6.87. The van der Waals surface area contributed by atoms with Gasteiger partial charge in [-0.25, -0.2) is 0 Å². The number of benzene rings is 1. The van der Waals surface area contributed by atoms with Crippen molar-refractivity contribution in [2.75, 3.05) is 0 Å². The molecule has 0 fully saturated rings. The molecule has 0 spiro atoms. The Morgan fingerprint density at radius 3 is 2.35 bits per heavy atom. The molecular formula is C19H24F3N3O. The minimum atomic E-state index is -4.35. The first kappa shape index (κ1) is 20.0. The SMILES string of the molecule is Cc1nn(CC(C)C)c(C)c1CC(=O)NCc1ccc(C(F)(F)F)cc1. The van der Waals surface area contributed by atoms with Crippen molar-refractivity contribution in [2.45, 2.75) is 53.4 Å². The summed E-state index contributed by atoms with van der Waals surface area (Å²) in [6, 6.07) is 4.79. The van der Waals surface area contributed by atoms with Gasteiger partial charge in [-0.3, -0.25) is 9.48 Å². The van der Waals surface area contributed by atoms with Crippen LogP contribution in [0.5, 0.6) is 0 Å². The van der Waals surface area contributed by atoms with E-state index in [4.69, 9.17) is 0 Å². The number of aromatic nitrogens is 2. The van der Waals surface area contributed by atoms with E-state index in [0.29, 0.717) is 11.5 Å². The number of nitrogens with one attached hydrogen (secondary N) is 1. The lowest BCUT2D eigenvalue weighted by atomic mass is 10.1. The highest BCUT2D eigenvalue weighted by molar-refractivity contribution is 5.79. The molecule has 0 radical (unpaired) electrons. The fourth-order valence-electron chi connectivity index (χ4n) is 2.75. The highest BCUT2D eigenvalue weighted by atomic mass is 19.4. The van der Waals surface area contributed by atoms with E-state index < -0.39 is 11.7 Å². The predicted molar refractivity (Wildman–Crippen MR) is 93.5 cm³/mol. The summed E-state index contributed by atoms with van der Waals surface area (Å²) in [5.41, 5.74) is 2.62. The Labute approximate surface area is 151 Å². The first-order valence-corrected chi connectivity index (χ1v) is 8.53. The summed E-state index contributed by atoms with van der Waals surface area (Å²) >= 11 is 0. The summed E-state index contributed by atoms with van der Waals surface area (Å²) in [5, 5.41) is 7.24. The summed E-state index contributed by atoms with van der Waals surface area (Å²) in [4.78, 5) is 12.2. The molecular weight excluding hydrogens is 343 g/mol. The topological polar surface area (TPSA) is 46.9 Å². The number of carbonyl (C=O) groups is 1. The molecule has 1 N–H and O–H groups in total. The van der Waals surface area contributed by atoms with E-state index in [1.165, 1.54) is 12.1 Å². The summed E-state index contributed by atoms with van der Waals surface area (Å²) in [5.74, 6) is 0.273. The number of halogens is 3. The van der Waals surface area contributed by atoms with E-state index in [-0.39, 0.29) is 18.9 Å². The van der Waals surface area contributed by atoms with Crippen LogP contribution in [0.25, 0.3) is 0 Å². The van der Waals surface area contributed by atoms with Crippen molar-refractivity contribution in [1.82, 2.24) is 15.1 Å². The molecule has 4 nitrogen and oxygen atoms in total. The first-order chi connectivity index (χ1) is 12.1. The van der Waals surface area contributed by atoms with Crippen molar-refractivity contribution in [3.8, 4) is 0 Å². The van der Waals surface area contributed by atoms with E-state index in [0.717, 1.165) is 35.6 Å². The molecule has 0 aliphatic rings. The van der Waals surface area contributed by atoms with Gasteiger partial charge >= 0.3 is 6.18 Å². The number of amides is 1. The van der Waals surface area contributed by atoms with Crippen LogP contribution in [0.3, 0.4) is 0 Å². The standard InChI is InChI=1S/C19H24F3N3O/c1-12(2)11-25-14(4)17(13(3)24-25)9-18(26)23-10-15-5-7-16(8-6-15)19(20,21)22/h5-8,12H,9-11H2,1-4H3,(H,23,26). The second-order valence-corrected chi connectivity index (χ2v) is 6.87. The first-order valence-electron chi connectivity index (χ1n) is 8.53. The molecule has 142 valence electrons. The molecule has 7 heteroatoms. The van der Waals surface area contributed by atoms with Gasteiger partial charge in [-0.1, -0.05) is 26.0 Å². The molecule has 0 saturated heterocycles. The largest absolute Gasteiger partial charge is 0.416 e. The minimum Gasteiger partial charge on any atom is -0.352 e. The highest BCUT2D eigenvalue weighted by Gasteiger charge is 2.29. The normalized spacial score (nSPS) is 11.8. The summed E-state index contributed by atoms with van der Waals surface area (Å²) in [6.45, 7) is 9.01. The maximum Gasteiger partial charge on any atom is 0.416 e. The van der Waals surface area contributed by atoms with Gasteiger partial charge in [0.05, 0.1) is 17.7 Å². The number of alkyl halides is 3. The van der Waals surface area contributed by atoms with Gasteiger partial charge in [0.1, 0.15) is 0 Å². The third-order valence-corrected chi connectivity index (χ3v) is 4.18. The van der Waals surface area contributed by atoms with Crippen LogP contribution in [0, 0.1) is 19.8 Å². The van der Waals surface area contributed by atoms with E-state index in [1.807, 2.05) is 18.5 Å². The molecule has 2 rings (SSSR count). The smallest absolute Gasteiger partial charge is 0.352 e. The Bertz CT molecular complexity index is 762. The minimum absolute atomic E-state index is 0.180. The second kappa shape index (κ2) is 7.93. The van der Waals surface area contributed by atoms with Gasteiger partial charge in [0.25, 0.3) is 0 Å². The fraction of sp³-hybridized carbons (Fsp3) is 0.474. The molecule has 1 aromatic carbocycles. The molecule has 0 unspecified atom stereocenters. The van der Waals surface area contributed by atoms with Gasteiger partial charge < -0.3 is 5.32 Å². The number of rotatable bonds is 6. The van der Waals surface area contributed by atoms with Crippen molar-refractivity contribution in [3.05, 3.63) is 52.3 Å². The molecule has 0 aliphatic carbocycles. The van der Waals surface area contributed by atoms with E-state index >= 15 is 0 Å². The van der Waals surface area contributed by atoms with Crippen LogP contribution in [0.2, 0.25) is 0 Å². The van der Waals surface area contributed by atoms with Crippen LogP contribution < -0.4 is 5.32 Å². The van der Waals surface area contributed by atoms with Gasteiger partial charge in [0.2, 0.25) is 5.91 Å². The highest BCUT2D eigenvalue weighted by Crippen LogP contribution is 2.29. The summed E-state index contributed by atoms with van der Waals surface area (Å²) in [7, 11) is 0. The zero-order chi connectivity index (χ0) is 19.5. The van der Waals surface area contributed by atoms with Crippen molar-refractivity contribution < 1.29 is 18.0 Å². The fourth-order valence-corrected chi connectivity index (χ4v) is 2.75. The van der Waals surface area contributed by atoms with Crippen LogP contribution >= 0.6 is 0 Å². The number of hydrogen-bond acceptors (Lipinski definition) is 2. The van der Waals surface area contributed by atoms with E-state index in [9.17, 15) is 18.0 Å². The van der Waals surface area contributed by atoms with Crippen LogP contribution in [-0.2, 0) is 30.5 Å². The van der Waals surface area contributed by atoms with Crippen LogP contribution in [0.15, 0.2) is 24.3 Å². The van der Waals surface area contributed by atoms with Crippen molar-refractivity contribution >= 4 is 5.91 Å². The molecule has 2 aromatic rings. The van der Waals surface area contributed by atoms with Gasteiger partial charge in [0, 0.05) is 24.3 Å². The molecule has 0 aliphatic heterocycles. The van der Waals surface area contributed by atoms with Gasteiger partial charge in [-0.2, -0.15) is 18.3 Å². The third kappa shape index (κ3) is 5.09. The van der Waals surface area contributed by atoms with Gasteiger partial charge in [-0.05, 0) is 37.5 Å². The number of nitrogens with zero attached hydrogens (tertiary/aromatic N) is 2. The lowest BCUT2D eigenvalue weighted by molar-refractivity contribution is -0.137. The zero-order valence-corrected chi connectivity index (χ0v) is 15.4. The zero-order valence-electron chi connectivity index (χ0n) is 15.4. The molecule has 0 atom stereocenters. The van der Waals surface area contributed by atoms with Crippen molar-refractivity contribution in [2.24, 2.45) is 5.92 Å².